The van der Waals surface area contributed by atoms with Crippen molar-refractivity contribution < 1.29 is 74.6 Å². The van der Waals surface area contributed by atoms with Crippen molar-refractivity contribution in [3.63, 3.8) is 0 Å². The fourth-order valence-electron chi connectivity index (χ4n) is 0.183. The van der Waals surface area contributed by atoms with Gasteiger partial charge in [0, 0.05) is 0 Å². The van der Waals surface area contributed by atoms with Crippen molar-refractivity contribution in [1.82, 2.24) is 0 Å². The van der Waals surface area contributed by atoms with E-state index in [0.29, 0.717) is 0 Å². The van der Waals surface area contributed by atoms with Crippen LogP contribution >= 0.6 is 0 Å². The first-order chi connectivity index (χ1) is 3.42. The van der Waals surface area contributed by atoms with E-state index in [1.807, 2.05) is 0 Å². The van der Waals surface area contributed by atoms with Crippen molar-refractivity contribution in [2.45, 2.75) is 6.29 Å². The van der Waals surface area contributed by atoms with Crippen molar-refractivity contribution in [1.29, 1.82) is 0 Å². The Morgan fingerprint density at radius 2 is 1.78 bits per heavy atom. The Bertz CT molecular complexity index is 148. The Morgan fingerprint density at radius 3 is 1.78 bits per heavy atom. The molecule has 0 fully saturated rings. The molecule has 9 heavy (non-hydrogen) atoms. The molecule has 0 amide bonds. The molecule has 0 radical (unpaired) electrons. The molecule has 0 aromatic carbocycles. The molecular formula is C2H5KO5S. The van der Waals surface area contributed by atoms with Gasteiger partial charge in [0.2, 0.25) is 0 Å². The summed E-state index contributed by atoms with van der Waals surface area (Å²) in [4.78, 5) is 0. The molecule has 0 aliphatic rings. The van der Waals surface area contributed by atoms with Crippen LogP contribution in [-0.2, 0) is 10.1 Å². The van der Waals surface area contributed by atoms with E-state index in [1.54, 1.807) is 0 Å². The normalized spacial score (nSPS) is 11.1. The summed E-state index contributed by atoms with van der Waals surface area (Å²) in [6, 6.07) is 0. The molecule has 0 unspecified atom stereocenters. The van der Waals surface area contributed by atoms with E-state index in [4.69, 9.17) is 10.2 Å². The van der Waals surface area contributed by atoms with E-state index in [0.717, 1.165) is 0 Å². The Balaban J connectivity index is 0. The second kappa shape index (κ2) is 5.16. The third kappa shape index (κ3) is 12.6. The summed E-state index contributed by atoms with van der Waals surface area (Å²) in [5.74, 6) is -1.15. The molecule has 0 saturated heterocycles. The largest absolute Gasteiger partial charge is 1.00 e. The van der Waals surface area contributed by atoms with Crippen molar-refractivity contribution in [2.75, 3.05) is 5.75 Å². The maximum Gasteiger partial charge on any atom is 1.00 e. The molecular weight excluding hydrogens is 175 g/mol. The summed E-state index contributed by atoms with van der Waals surface area (Å²) in [5.41, 5.74) is 0. The molecule has 0 rings (SSSR count). The fraction of sp³-hybridized carbons (Fsp3) is 1.00. The summed E-state index contributed by atoms with van der Waals surface area (Å²) in [6.45, 7) is 0. The zero-order valence-electron chi connectivity index (χ0n) is 4.81. The Hall–Kier alpha value is 1.47. The number of hydrogen-bond donors (Lipinski definition) is 2. The van der Waals surface area contributed by atoms with E-state index in [9.17, 15) is 13.0 Å². The fourth-order valence-corrected chi connectivity index (χ4v) is 0.548. The molecule has 5 nitrogen and oxygen atoms in total. The number of hydrogen-bond acceptors (Lipinski definition) is 5. The van der Waals surface area contributed by atoms with Gasteiger partial charge in [0.05, 0.1) is 15.9 Å². The minimum atomic E-state index is -4.47. The van der Waals surface area contributed by atoms with Gasteiger partial charge in [-0.3, -0.25) is 0 Å². The molecule has 0 heterocycles. The first kappa shape index (κ1) is 13.1. The zero-order chi connectivity index (χ0) is 6.78. The van der Waals surface area contributed by atoms with E-state index >= 15 is 0 Å². The summed E-state index contributed by atoms with van der Waals surface area (Å²) in [5, 5.41) is 15.7. The van der Waals surface area contributed by atoms with Crippen molar-refractivity contribution >= 4 is 10.1 Å². The Kier molecular flexibility index (Phi) is 7.50. The number of aliphatic hydroxyl groups is 2. The predicted octanol–water partition coefficient (Wildman–Crippen LogP) is -5.15. The molecule has 0 aliphatic heterocycles. The van der Waals surface area contributed by atoms with Crippen molar-refractivity contribution in [2.24, 2.45) is 0 Å². The van der Waals surface area contributed by atoms with E-state index in [1.165, 1.54) is 0 Å². The second-order valence-corrected chi connectivity index (χ2v) is 2.65. The van der Waals surface area contributed by atoms with E-state index in [2.05, 4.69) is 0 Å². The average Bonchev–Trinajstić information content (AvgIpc) is 1.21. The van der Waals surface area contributed by atoms with E-state index in [-0.39, 0.29) is 51.4 Å². The molecule has 7 heteroatoms. The third-order valence-corrected chi connectivity index (χ3v) is 1.06. The number of aliphatic hydroxyl groups excluding tert-OH is 1. The average molecular weight is 180 g/mol. The van der Waals surface area contributed by atoms with Gasteiger partial charge >= 0.3 is 51.4 Å². The van der Waals surface area contributed by atoms with Crippen LogP contribution in [0, 0.1) is 0 Å². The van der Waals surface area contributed by atoms with Crippen LogP contribution in [0.15, 0.2) is 0 Å². The summed E-state index contributed by atoms with van der Waals surface area (Å²) in [7, 11) is -4.47. The maximum absolute atomic E-state index is 9.57. The number of rotatable bonds is 2. The van der Waals surface area contributed by atoms with Gasteiger partial charge in [-0.15, -0.1) is 0 Å². The summed E-state index contributed by atoms with van der Waals surface area (Å²) in [6.07, 6.45) is -2.06. The van der Waals surface area contributed by atoms with Gasteiger partial charge in [0.15, 0.2) is 6.29 Å². The zero-order valence-corrected chi connectivity index (χ0v) is 8.75. The van der Waals surface area contributed by atoms with Crippen molar-refractivity contribution in [3.8, 4) is 0 Å². The van der Waals surface area contributed by atoms with Gasteiger partial charge < -0.3 is 14.8 Å². The Labute approximate surface area is 95.2 Å². The summed E-state index contributed by atoms with van der Waals surface area (Å²) >= 11 is 0. The van der Waals surface area contributed by atoms with Gasteiger partial charge in [-0.2, -0.15) is 0 Å². The molecule has 0 aliphatic carbocycles. The van der Waals surface area contributed by atoms with Crippen molar-refractivity contribution in [3.05, 3.63) is 0 Å². The van der Waals surface area contributed by atoms with E-state index < -0.39 is 22.2 Å². The van der Waals surface area contributed by atoms with Crippen LogP contribution in [-0.4, -0.2) is 35.2 Å². The topological polar surface area (TPSA) is 97.7 Å². The van der Waals surface area contributed by atoms with Gasteiger partial charge in [0.25, 0.3) is 0 Å². The third-order valence-electron chi connectivity index (χ3n) is 0.353. The minimum Gasteiger partial charge on any atom is -0.748 e. The van der Waals surface area contributed by atoms with Gasteiger partial charge in [0.1, 0.15) is 0 Å². The van der Waals surface area contributed by atoms with Crippen LogP contribution in [0.25, 0.3) is 0 Å². The SMILES string of the molecule is O=S(=O)([O-])CC(O)O.[K+]. The van der Waals surface area contributed by atoms with Crippen LogP contribution in [0.4, 0.5) is 0 Å². The monoisotopic (exact) mass is 180 g/mol. The van der Waals surface area contributed by atoms with Crippen LogP contribution in [0.5, 0.6) is 0 Å². The summed E-state index contributed by atoms with van der Waals surface area (Å²) < 4.78 is 28.7. The molecule has 0 bridgehead atoms. The predicted molar refractivity (Wildman–Crippen MR) is 22.8 cm³/mol. The van der Waals surface area contributed by atoms with Crippen LogP contribution in [0.1, 0.15) is 0 Å². The second-order valence-electron chi connectivity index (χ2n) is 1.20. The molecule has 0 saturated carbocycles. The van der Waals surface area contributed by atoms with Gasteiger partial charge in [-0.05, 0) is 0 Å². The minimum absolute atomic E-state index is 0. The Morgan fingerprint density at radius 1 is 1.44 bits per heavy atom. The molecule has 0 spiro atoms. The van der Waals surface area contributed by atoms with Gasteiger partial charge in [-0.25, -0.2) is 8.42 Å². The molecule has 0 atom stereocenters. The first-order valence-corrected chi connectivity index (χ1v) is 3.29. The molecule has 0 aromatic heterocycles. The van der Waals surface area contributed by atoms with Crippen LogP contribution in [0.3, 0.4) is 0 Å². The van der Waals surface area contributed by atoms with Crippen LogP contribution < -0.4 is 51.4 Å². The van der Waals surface area contributed by atoms with Crippen LogP contribution in [0.2, 0.25) is 0 Å². The maximum atomic E-state index is 9.57. The smallest absolute Gasteiger partial charge is 0.748 e. The molecule has 50 valence electrons. The van der Waals surface area contributed by atoms with Gasteiger partial charge in [-0.1, -0.05) is 0 Å². The molecule has 2 N–H and O–H groups in total. The standard InChI is InChI=1S/C2H6O5S.K/c3-2(4)1-8(5,6)7;/h2-4H,1H2,(H,5,6,7);/q;+1/p-1. The quantitative estimate of drug-likeness (QED) is 0.251. The first-order valence-electron chi connectivity index (χ1n) is 1.71. The molecule has 0 aromatic rings.